The van der Waals surface area contributed by atoms with E-state index in [0.717, 1.165) is 116 Å². The van der Waals surface area contributed by atoms with Crippen molar-refractivity contribution in [3.63, 3.8) is 0 Å². The lowest BCUT2D eigenvalue weighted by atomic mass is 9.49. The van der Waals surface area contributed by atoms with E-state index in [-0.39, 0.29) is 129 Å². The first kappa shape index (κ1) is 93.9. The van der Waals surface area contributed by atoms with Gasteiger partial charge in [0.15, 0.2) is 31.2 Å². The summed E-state index contributed by atoms with van der Waals surface area (Å²) in [4.78, 5) is 86.4. The zero-order chi connectivity index (χ0) is 93.1. The van der Waals surface area contributed by atoms with Crippen molar-refractivity contribution in [2.45, 2.75) is 313 Å². The van der Waals surface area contributed by atoms with E-state index in [1.54, 1.807) is 0 Å². The van der Waals surface area contributed by atoms with Crippen molar-refractivity contribution >= 4 is 57.6 Å². The van der Waals surface area contributed by atoms with Gasteiger partial charge in [-0.3, -0.25) is 19.2 Å². The minimum absolute atomic E-state index is 0.0146. The van der Waals surface area contributed by atoms with E-state index in [0.29, 0.717) is 134 Å². The second-order valence-electron chi connectivity index (χ2n) is 49.8. The van der Waals surface area contributed by atoms with Crippen LogP contribution in [0.5, 0.6) is 0 Å². The number of halogens is 4. The summed E-state index contributed by atoms with van der Waals surface area (Å²) >= 11 is 0. The predicted octanol–water partition coefficient (Wildman–Crippen LogP) is 21.8. The number of carbonyl (C=O) groups is 6. The Morgan fingerprint density at radius 1 is 0.333 bits per heavy atom. The second kappa shape index (κ2) is 35.5. The van der Waals surface area contributed by atoms with Crippen molar-refractivity contribution in [1.82, 2.24) is 0 Å². The van der Waals surface area contributed by atoms with Crippen LogP contribution in [0.1, 0.15) is 258 Å². The Kier molecular flexibility index (Phi) is 24.7. The molecular weight excluding hydrogens is 1760 g/mol. The summed E-state index contributed by atoms with van der Waals surface area (Å²) in [7, 11) is 0.417. The first-order valence-corrected chi connectivity index (χ1v) is 55.1. The molecule has 732 valence electrons. The van der Waals surface area contributed by atoms with Crippen LogP contribution in [0.15, 0.2) is 135 Å². The minimum atomic E-state index is -3.54. The molecule has 0 radical (unpaired) electrons. The molecule has 3 aliphatic heterocycles. The molecule has 4 aromatic rings. The lowest BCUT2D eigenvalue weighted by molar-refractivity contribution is -0.397. The zero-order valence-electron chi connectivity index (χ0n) is 80.2. The third kappa shape index (κ3) is 18.2. The van der Waals surface area contributed by atoms with Crippen LogP contribution in [0.25, 0.3) is 0 Å². The van der Waals surface area contributed by atoms with Crippen LogP contribution in [0, 0.1) is 139 Å². The SMILES string of the molecule is CC(C)(C)c1ccc([S+]2CCOCC2)cc1.CC(F)(F)C(=O)OC12CC3CC(C1)C1(OCC(COC(=O)C45CC6CC(CC(C6)C4)C5)(COC(=O)C45CC6CC(CC(C6)C4)C5)CO1)C(C3)C2.CC(F)(F)C(=O)OC12CC3CC(C1)C1(OCC(COC(=O)C45CC6CC(CC(C6)C4)C5)(COC(=O)C45CC6CC(CC(C6)C4)C5)CO1)C(C3)C2.c1ccc([S+](c2ccccc2)c2ccccc2)cc1. The van der Waals surface area contributed by atoms with E-state index >= 15 is 0 Å². The zero-order valence-corrected chi connectivity index (χ0v) is 81.8. The molecule has 24 bridgehead atoms. The first-order chi connectivity index (χ1) is 64.5. The number of ether oxygens (including phenoxy) is 11. The molecule has 3 saturated heterocycles. The molecular formula is C112H144F4O17S2+2. The molecule has 0 N–H and O–H groups in total. The largest absolute Gasteiger partial charge is 0.464 e. The van der Waals surface area contributed by atoms with Crippen molar-refractivity contribution in [2.24, 2.45) is 139 Å². The van der Waals surface area contributed by atoms with Crippen molar-refractivity contribution in [3.8, 4) is 0 Å². The van der Waals surface area contributed by atoms with Crippen LogP contribution in [0.4, 0.5) is 17.6 Å². The number of esters is 6. The average molecular weight is 1900 g/mol. The van der Waals surface area contributed by atoms with Crippen LogP contribution in [-0.4, -0.2) is 148 Å². The molecule has 24 saturated carbocycles. The van der Waals surface area contributed by atoms with Crippen molar-refractivity contribution in [3.05, 3.63) is 121 Å². The van der Waals surface area contributed by atoms with Gasteiger partial charge in [-0.25, -0.2) is 9.59 Å². The van der Waals surface area contributed by atoms with Gasteiger partial charge in [0.1, 0.15) is 49.1 Å². The Labute approximate surface area is 801 Å². The molecule has 17 nitrogen and oxygen atoms in total. The maximum Gasteiger partial charge on any atom is 0.377 e. The van der Waals surface area contributed by atoms with E-state index in [1.165, 1.54) is 114 Å². The van der Waals surface area contributed by atoms with Gasteiger partial charge in [-0.2, -0.15) is 17.6 Å². The Morgan fingerprint density at radius 3 is 0.815 bits per heavy atom. The fourth-order valence-electron chi connectivity index (χ4n) is 34.0. The summed E-state index contributed by atoms with van der Waals surface area (Å²) < 4.78 is 125. The summed E-state index contributed by atoms with van der Waals surface area (Å²) in [6.45, 7) is 11.0. The monoisotopic (exact) mass is 1900 g/mol. The number of hydrogen-bond donors (Lipinski definition) is 0. The van der Waals surface area contributed by atoms with Crippen LogP contribution < -0.4 is 0 Å². The van der Waals surface area contributed by atoms with Crippen molar-refractivity contribution in [2.75, 3.05) is 77.6 Å². The number of carbonyl (C=O) groups excluding carboxylic acids is 6. The van der Waals surface area contributed by atoms with Gasteiger partial charge in [0, 0.05) is 48.4 Å². The molecule has 4 aromatic carbocycles. The molecule has 2 spiro atoms. The van der Waals surface area contributed by atoms with Crippen LogP contribution in [0.3, 0.4) is 0 Å². The van der Waals surface area contributed by atoms with Crippen LogP contribution in [-0.2, 0) is 108 Å². The summed E-state index contributed by atoms with van der Waals surface area (Å²) in [6.07, 6.45) is 32.1. The lowest BCUT2D eigenvalue weighted by Gasteiger charge is -2.65. The standard InChI is InChI=1S/2C40H54F2O8.C18H15S.C14H21OS/c2*1-35(41,42)32(43)50-39-16-29-8-30(17-39)40(31(9-29)18-39)48-21-36(22-49-40,19-46-33(44)37-10-23-2-24(11-37)4-25(3-23)12-37)20-47-34(45)38-13-26-5-27(14-38)7-28(6-26)15-38;1-4-10-16(11-5-1)19(17-12-6-2-7-13-17)18-14-8-3-9-15-18;1-14(2,3)12-4-6-13(7-5-12)16-10-8-15-9-11-16/h2*23-31H,2-22H2,1H3;1-15H;4-7H,8-11H2,1-3H3/q;;2*+1. The fourth-order valence-corrected chi connectivity index (χ4v) is 38.0. The molecule has 0 amide bonds. The number of rotatable bonds is 20. The smallest absolute Gasteiger partial charge is 0.377 e. The third-order valence-corrected chi connectivity index (χ3v) is 42.6. The average Bonchev–Trinajstić information content (AvgIpc) is 0.694. The van der Waals surface area contributed by atoms with Crippen molar-refractivity contribution < 1.29 is 98.4 Å². The quantitative estimate of drug-likeness (QED) is 0.0349. The second-order valence-corrected chi connectivity index (χ2v) is 54.1. The maximum atomic E-state index is 14.0. The van der Waals surface area contributed by atoms with Gasteiger partial charge in [0.25, 0.3) is 0 Å². The summed E-state index contributed by atoms with van der Waals surface area (Å²) in [5.41, 5.74) is -3.42. The van der Waals surface area contributed by atoms with Crippen molar-refractivity contribution in [1.29, 1.82) is 0 Å². The van der Waals surface area contributed by atoms with Crippen LogP contribution in [0.2, 0.25) is 0 Å². The Hall–Kier alpha value is -6.08. The van der Waals surface area contributed by atoms with E-state index in [9.17, 15) is 46.3 Å². The van der Waals surface area contributed by atoms with E-state index in [4.69, 9.17) is 52.1 Å². The molecule has 4 atom stereocenters. The third-order valence-electron chi connectivity index (χ3n) is 38.2. The van der Waals surface area contributed by atoms with Crippen LogP contribution >= 0.6 is 0 Å². The molecule has 3 heterocycles. The molecule has 24 aliphatic carbocycles. The molecule has 23 heteroatoms. The molecule has 27 fully saturated rings. The minimum Gasteiger partial charge on any atom is -0.464 e. The number of alkyl halides is 4. The molecule has 31 rings (SSSR count). The fraction of sp³-hybridized carbons (Fsp3) is 0.732. The molecule has 135 heavy (non-hydrogen) atoms. The Balaban J connectivity index is 0.000000116. The Morgan fingerprint density at radius 2 is 0.578 bits per heavy atom. The highest BCUT2D eigenvalue weighted by molar-refractivity contribution is 7.97. The van der Waals surface area contributed by atoms with E-state index < -0.39 is 79.0 Å². The van der Waals surface area contributed by atoms with E-state index in [1.807, 2.05) is 0 Å². The summed E-state index contributed by atoms with van der Waals surface area (Å²) in [5.74, 6) is -2.30. The van der Waals surface area contributed by atoms with Gasteiger partial charge in [-0.05, 0) is 361 Å². The first-order valence-electron chi connectivity index (χ1n) is 52.3. The lowest BCUT2D eigenvalue weighted by Crippen LogP contribution is -2.69. The van der Waals surface area contributed by atoms with Gasteiger partial charge >= 0.3 is 47.7 Å². The van der Waals surface area contributed by atoms with Gasteiger partial charge < -0.3 is 52.1 Å². The highest BCUT2D eigenvalue weighted by Gasteiger charge is 2.72. The summed E-state index contributed by atoms with van der Waals surface area (Å²) in [6, 6.07) is 41.4. The Bertz CT molecular complexity index is 4390. The van der Waals surface area contributed by atoms with Gasteiger partial charge in [0.2, 0.25) is 0 Å². The highest BCUT2D eigenvalue weighted by Crippen LogP contribution is 2.70. The number of hydrogen-bond acceptors (Lipinski definition) is 17. The summed E-state index contributed by atoms with van der Waals surface area (Å²) in [5, 5.41) is 0. The number of benzene rings is 4. The molecule has 4 unspecified atom stereocenters. The normalized spacial score (nSPS) is 42.2. The molecule has 27 aliphatic rings. The predicted molar refractivity (Wildman–Crippen MR) is 499 cm³/mol. The van der Waals surface area contributed by atoms with E-state index in [2.05, 4.69) is 136 Å². The van der Waals surface area contributed by atoms with Gasteiger partial charge in [0.05, 0.1) is 83.0 Å². The highest BCUT2D eigenvalue weighted by atomic mass is 32.2. The maximum absolute atomic E-state index is 14.0. The molecule has 0 aromatic heterocycles. The topological polar surface area (TPSA) is 204 Å². The van der Waals surface area contributed by atoms with Gasteiger partial charge in [-0.15, -0.1) is 0 Å². The van der Waals surface area contributed by atoms with Gasteiger partial charge in [-0.1, -0.05) is 87.5 Å².